The first kappa shape index (κ1) is 18.4. The largest absolute Gasteiger partial charge is 0.383 e. The van der Waals surface area contributed by atoms with Crippen LogP contribution < -0.4 is 10.0 Å². The van der Waals surface area contributed by atoms with Crippen LogP contribution in [0.5, 0.6) is 0 Å². The van der Waals surface area contributed by atoms with E-state index < -0.39 is 14.9 Å². The fourth-order valence-corrected chi connectivity index (χ4v) is 3.11. The lowest BCUT2D eigenvalue weighted by atomic mass is 10.1. The number of nitro benzene ring substituents is 1. The van der Waals surface area contributed by atoms with Crippen molar-refractivity contribution in [3.63, 3.8) is 0 Å². The molecule has 0 aromatic heterocycles. The molecule has 2 aromatic carbocycles. The molecule has 2 rings (SSSR count). The number of anilines is 1. The van der Waals surface area contributed by atoms with Gasteiger partial charge < -0.3 is 5.32 Å². The molecule has 0 aliphatic carbocycles. The van der Waals surface area contributed by atoms with Gasteiger partial charge in [0.15, 0.2) is 0 Å². The van der Waals surface area contributed by atoms with E-state index in [0.717, 1.165) is 5.56 Å². The van der Waals surface area contributed by atoms with E-state index in [1.807, 2.05) is 13.0 Å². The fourth-order valence-electron chi connectivity index (χ4n) is 2.08. The number of hydrogen-bond acceptors (Lipinski definition) is 6. The van der Waals surface area contributed by atoms with Gasteiger partial charge in [0, 0.05) is 25.2 Å². The summed E-state index contributed by atoms with van der Waals surface area (Å²) in [5.74, 6) is 0. The van der Waals surface area contributed by atoms with Gasteiger partial charge in [0.1, 0.15) is 6.07 Å². The van der Waals surface area contributed by atoms with Crippen LogP contribution in [0.2, 0.25) is 0 Å². The molecule has 0 heterocycles. The fraction of sp³-hybridized carbons (Fsp3) is 0.188. The van der Waals surface area contributed by atoms with Crippen LogP contribution >= 0.6 is 0 Å². The Hall–Kier alpha value is -2.96. The van der Waals surface area contributed by atoms with Gasteiger partial charge in [-0.2, -0.15) is 5.26 Å². The summed E-state index contributed by atoms with van der Waals surface area (Å²) in [5, 5.41) is 22.7. The van der Waals surface area contributed by atoms with Crippen LogP contribution in [0.1, 0.15) is 11.1 Å². The number of non-ortho nitro benzene ring substituents is 1. The van der Waals surface area contributed by atoms with Gasteiger partial charge in [-0.05, 0) is 25.1 Å². The van der Waals surface area contributed by atoms with E-state index in [0.29, 0.717) is 5.69 Å². The Morgan fingerprint density at radius 2 is 1.84 bits per heavy atom. The van der Waals surface area contributed by atoms with Crippen molar-refractivity contribution >= 4 is 21.4 Å². The number of hydrogen-bond donors (Lipinski definition) is 2. The lowest BCUT2D eigenvalue weighted by Crippen LogP contribution is -2.29. The van der Waals surface area contributed by atoms with Gasteiger partial charge >= 0.3 is 0 Å². The Balaban J connectivity index is 1.96. The van der Waals surface area contributed by atoms with Crippen molar-refractivity contribution < 1.29 is 13.3 Å². The third-order valence-corrected chi connectivity index (χ3v) is 4.88. The van der Waals surface area contributed by atoms with E-state index in [9.17, 15) is 18.5 Å². The first-order valence-corrected chi connectivity index (χ1v) is 8.80. The minimum atomic E-state index is -3.61. The number of nitriles is 1. The highest BCUT2D eigenvalue weighted by atomic mass is 32.2. The summed E-state index contributed by atoms with van der Waals surface area (Å²) in [5.41, 5.74) is 1.31. The number of benzene rings is 2. The van der Waals surface area contributed by atoms with Crippen molar-refractivity contribution in [1.82, 2.24) is 4.72 Å². The summed E-state index contributed by atoms with van der Waals surface area (Å²) < 4.78 is 26.7. The highest BCUT2D eigenvalue weighted by Gasteiger charge is 2.13. The lowest BCUT2D eigenvalue weighted by Gasteiger charge is -2.10. The van der Waals surface area contributed by atoms with Crippen LogP contribution in [0.15, 0.2) is 47.4 Å². The third-order valence-electron chi connectivity index (χ3n) is 3.40. The molecule has 0 bridgehead atoms. The smallest absolute Gasteiger partial charge is 0.270 e. The molecule has 0 atom stereocenters. The summed E-state index contributed by atoms with van der Waals surface area (Å²) in [6.07, 6.45) is 0. The summed E-state index contributed by atoms with van der Waals surface area (Å²) in [7, 11) is -3.61. The highest BCUT2D eigenvalue weighted by Crippen LogP contribution is 2.21. The number of nitro groups is 1. The molecule has 25 heavy (non-hydrogen) atoms. The van der Waals surface area contributed by atoms with Gasteiger partial charge in [-0.25, -0.2) is 13.1 Å². The Kier molecular flexibility index (Phi) is 5.69. The van der Waals surface area contributed by atoms with Gasteiger partial charge in [-0.3, -0.25) is 10.1 Å². The van der Waals surface area contributed by atoms with E-state index in [-0.39, 0.29) is 29.2 Å². The SMILES string of the molecule is Cc1ccc(S(=O)(=O)NCCNc2ccc([N+](=O)[O-])cc2C#N)cc1. The zero-order valence-electron chi connectivity index (χ0n) is 13.4. The van der Waals surface area contributed by atoms with Gasteiger partial charge in [-0.1, -0.05) is 17.7 Å². The highest BCUT2D eigenvalue weighted by molar-refractivity contribution is 7.89. The second kappa shape index (κ2) is 7.74. The maximum absolute atomic E-state index is 12.1. The van der Waals surface area contributed by atoms with Crippen LogP contribution in [0.4, 0.5) is 11.4 Å². The molecule has 0 fully saturated rings. The first-order chi connectivity index (χ1) is 11.8. The molecule has 130 valence electrons. The average molecular weight is 360 g/mol. The van der Waals surface area contributed by atoms with E-state index in [1.54, 1.807) is 12.1 Å². The Morgan fingerprint density at radius 1 is 1.16 bits per heavy atom. The molecular weight excluding hydrogens is 344 g/mol. The topological polar surface area (TPSA) is 125 Å². The maximum Gasteiger partial charge on any atom is 0.270 e. The molecular formula is C16H16N4O4S. The zero-order valence-corrected chi connectivity index (χ0v) is 14.2. The zero-order chi connectivity index (χ0) is 18.4. The normalized spacial score (nSPS) is 10.9. The molecule has 0 spiro atoms. The summed E-state index contributed by atoms with van der Waals surface area (Å²) in [6, 6.07) is 12.2. The molecule has 9 heteroatoms. The maximum atomic E-state index is 12.1. The summed E-state index contributed by atoms with van der Waals surface area (Å²) >= 11 is 0. The Labute approximate surface area is 145 Å². The van der Waals surface area contributed by atoms with E-state index in [2.05, 4.69) is 10.0 Å². The first-order valence-electron chi connectivity index (χ1n) is 7.32. The second-order valence-corrected chi connectivity index (χ2v) is 7.00. The predicted molar refractivity (Wildman–Crippen MR) is 92.7 cm³/mol. The number of aryl methyl sites for hydroxylation is 1. The van der Waals surface area contributed by atoms with E-state index in [1.165, 1.54) is 30.3 Å². The lowest BCUT2D eigenvalue weighted by molar-refractivity contribution is -0.384. The quantitative estimate of drug-likeness (QED) is 0.443. The molecule has 0 aliphatic rings. The van der Waals surface area contributed by atoms with Crippen molar-refractivity contribution in [2.45, 2.75) is 11.8 Å². The van der Waals surface area contributed by atoms with E-state index in [4.69, 9.17) is 5.26 Å². The van der Waals surface area contributed by atoms with Crippen LogP contribution in [-0.4, -0.2) is 26.4 Å². The van der Waals surface area contributed by atoms with Crippen molar-refractivity contribution in [2.75, 3.05) is 18.4 Å². The minimum absolute atomic E-state index is 0.0953. The summed E-state index contributed by atoms with van der Waals surface area (Å²) in [6.45, 7) is 2.18. The monoisotopic (exact) mass is 360 g/mol. The molecule has 0 saturated heterocycles. The molecule has 8 nitrogen and oxygen atoms in total. The number of nitrogens with one attached hydrogen (secondary N) is 2. The van der Waals surface area contributed by atoms with Crippen molar-refractivity contribution in [1.29, 1.82) is 5.26 Å². The van der Waals surface area contributed by atoms with Crippen molar-refractivity contribution in [3.05, 3.63) is 63.7 Å². The standard InChI is InChI=1S/C16H16N4O4S/c1-12-2-5-15(6-3-12)25(23,24)19-9-8-18-16-7-4-14(20(21)22)10-13(16)11-17/h2-7,10,18-19H,8-9H2,1H3. The Bertz CT molecular complexity index is 918. The Morgan fingerprint density at radius 3 is 2.44 bits per heavy atom. The molecule has 0 aliphatic heterocycles. The van der Waals surface area contributed by atoms with Crippen molar-refractivity contribution in [2.24, 2.45) is 0 Å². The van der Waals surface area contributed by atoms with Gasteiger partial charge in [-0.15, -0.1) is 0 Å². The molecule has 0 radical (unpaired) electrons. The summed E-state index contributed by atoms with van der Waals surface area (Å²) in [4.78, 5) is 10.3. The van der Waals surface area contributed by atoms with E-state index >= 15 is 0 Å². The molecule has 0 unspecified atom stereocenters. The van der Waals surface area contributed by atoms with Crippen LogP contribution in [0, 0.1) is 28.4 Å². The minimum Gasteiger partial charge on any atom is -0.383 e. The number of nitrogens with zero attached hydrogens (tertiary/aromatic N) is 2. The van der Waals surface area contributed by atoms with Gasteiger partial charge in [0.05, 0.1) is 21.1 Å². The van der Waals surface area contributed by atoms with Crippen LogP contribution in [0.3, 0.4) is 0 Å². The second-order valence-electron chi connectivity index (χ2n) is 5.24. The number of sulfonamides is 1. The van der Waals surface area contributed by atoms with Gasteiger partial charge in [0.2, 0.25) is 10.0 Å². The van der Waals surface area contributed by atoms with Crippen molar-refractivity contribution in [3.8, 4) is 6.07 Å². The third kappa shape index (κ3) is 4.76. The number of rotatable bonds is 7. The molecule has 0 saturated carbocycles. The molecule has 2 N–H and O–H groups in total. The van der Waals surface area contributed by atoms with Gasteiger partial charge in [0.25, 0.3) is 5.69 Å². The molecule has 0 amide bonds. The van der Waals surface area contributed by atoms with Crippen LogP contribution in [-0.2, 0) is 10.0 Å². The average Bonchev–Trinajstić information content (AvgIpc) is 2.59. The van der Waals surface area contributed by atoms with Crippen LogP contribution in [0.25, 0.3) is 0 Å². The molecule has 2 aromatic rings. The predicted octanol–water partition coefficient (Wildman–Crippen LogP) is 2.17.